The van der Waals surface area contributed by atoms with Crippen LogP contribution in [-0.4, -0.2) is 38.0 Å². The Bertz CT molecular complexity index is 538. The minimum atomic E-state index is -0.837. The largest absolute Gasteiger partial charge is 0.490 e. The predicted octanol–water partition coefficient (Wildman–Crippen LogP) is 4.01. The van der Waals surface area contributed by atoms with Crippen molar-refractivity contribution < 1.29 is 14.6 Å². The summed E-state index contributed by atoms with van der Waals surface area (Å²) in [6.07, 6.45) is 9.94. The summed E-state index contributed by atoms with van der Waals surface area (Å²) in [5.74, 6) is 1.12. The Labute approximate surface area is 158 Å². The van der Waals surface area contributed by atoms with Gasteiger partial charge in [-0.05, 0) is 70.4 Å². The van der Waals surface area contributed by atoms with Crippen LogP contribution in [0.1, 0.15) is 63.4 Å². The molecular formula is C22H35NO3. The first kappa shape index (κ1) is 19.7. The Morgan fingerprint density at radius 1 is 1.12 bits per heavy atom. The molecule has 2 aliphatic rings. The topological polar surface area (TPSA) is 50.7 Å². The first-order valence-electron chi connectivity index (χ1n) is 10.4. The van der Waals surface area contributed by atoms with E-state index in [1.807, 2.05) is 18.2 Å². The van der Waals surface area contributed by atoms with E-state index in [-0.39, 0.29) is 5.92 Å². The summed E-state index contributed by atoms with van der Waals surface area (Å²) in [5.41, 5.74) is 0.147. The first-order chi connectivity index (χ1) is 12.7. The number of hydrogen-bond donors (Lipinski definition) is 2. The Morgan fingerprint density at radius 2 is 1.92 bits per heavy atom. The van der Waals surface area contributed by atoms with Crippen LogP contribution in [0.15, 0.2) is 24.3 Å². The molecule has 2 fully saturated rings. The predicted molar refractivity (Wildman–Crippen MR) is 105 cm³/mol. The molecule has 1 aliphatic carbocycles. The van der Waals surface area contributed by atoms with Gasteiger partial charge in [0.05, 0.1) is 11.7 Å². The molecule has 2 atom stereocenters. The summed E-state index contributed by atoms with van der Waals surface area (Å²) in [6, 6.07) is 8.19. The van der Waals surface area contributed by atoms with Crippen LogP contribution < -0.4 is 10.1 Å². The van der Waals surface area contributed by atoms with E-state index < -0.39 is 5.60 Å². The molecule has 0 bridgehead atoms. The molecule has 2 unspecified atom stereocenters. The number of benzene rings is 1. The highest BCUT2D eigenvalue weighted by Gasteiger charge is 2.40. The smallest absolute Gasteiger partial charge is 0.125 e. The zero-order valence-electron chi connectivity index (χ0n) is 16.2. The number of rotatable bonds is 9. The van der Waals surface area contributed by atoms with Crippen molar-refractivity contribution in [3.05, 3.63) is 29.8 Å². The molecule has 0 spiro atoms. The van der Waals surface area contributed by atoms with Crippen molar-refractivity contribution in [3.8, 4) is 5.75 Å². The Kier molecular flexibility index (Phi) is 7.35. The van der Waals surface area contributed by atoms with Crippen LogP contribution >= 0.6 is 0 Å². The lowest BCUT2D eigenvalue weighted by Gasteiger charge is -2.40. The number of aliphatic hydroxyl groups is 1. The number of para-hydroxylation sites is 1. The standard InChI is InChI=1S/C22H35NO3/c1-25-16-7-6-14-22(24,18-9-8-15-23-17-18)20-12-4-5-13-21(20)26-19-10-2-3-11-19/h4-5,12-13,18-19,23-24H,2-3,6-11,14-17H2,1H3. The van der Waals surface area contributed by atoms with Gasteiger partial charge in [0.25, 0.3) is 0 Å². The fraction of sp³-hybridized carbons (Fsp3) is 0.727. The molecule has 1 saturated heterocycles. The van der Waals surface area contributed by atoms with Gasteiger partial charge < -0.3 is 19.9 Å². The number of ether oxygens (including phenoxy) is 2. The van der Waals surface area contributed by atoms with Crippen molar-refractivity contribution in [3.63, 3.8) is 0 Å². The maximum Gasteiger partial charge on any atom is 0.125 e. The third kappa shape index (κ3) is 4.79. The summed E-state index contributed by atoms with van der Waals surface area (Å²) in [7, 11) is 1.74. The van der Waals surface area contributed by atoms with E-state index in [4.69, 9.17) is 9.47 Å². The maximum absolute atomic E-state index is 11.9. The molecule has 0 aromatic heterocycles. The molecule has 1 aromatic carbocycles. The monoisotopic (exact) mass is 361 g/mol. The molecule has 146 valence electrons. The molecule has 4 heteroatoms. The number of unbranched alkanes of at least 4 members (excludes halogenated alkanes) is 1. The Morgan fingerprint density at radius 3 is 2.65 bits per heavy atom. The van der Waals surface area contributed by atoms with Crippen LogP contribution in [-0.2, 0) is 10.3 Å². The average Bonchev–Trinajstić information content (AvgIpc) is 3.19. The quantitative estimate of drug-likeness (QED) is 0.653. The van der Waals surface area contributed by atoms with Crippen molar-refractivity contribution in [1.29, 1.82) is 0 Å². The van der Waals surface area contributed by atoms with Gasteiger partial charge in [-0.3, -0.25) is 0 Å². The lowest BCUT2D eigenvalue weighted by molar-refractivity contribution is -0.0459. The summed E-state index contributed by atoms with van der Waals surface area (Å²) in [4.78, 5) is 0. The highest BCUT2D eigenvalue weighted by atomic mass is 16.5. The minimum Gasteiger partial charge on any atom is -0.490 e. The zero-order valence-corrected chi connectivity index (χ0v) is 16.2. The SMILES string of the molecule is COCCCCC(O)(c1ccccc1OC1CCCC1)C1CCCNC1. The van der Waals surface area contributed by atoms with Gasteiger partial charge in [0.2, 0.25) is 0 Å². The Balaban J connectivity index is 1.82. The normalized spacial score (nSPS) is 23.7. The second-order valence-corrected chi connectivity index (χ2v) is 7.94. The fourth-order valence-corrected chi connectivity index (χ4v) is 4.57. The van der Waals surface area contributed by atoms with Crippen LogP contribution in [0.2, 0.25) is 0 Å². The van der Waals surface area contributed by atoms with E-state index in [1.165, 1.54) is 12.8 Å². The third-order valence-electron chi connectivity index (χ3n) is 6.08. The van der Waals surface area contributed by atoms with Crippen molar-refractivity contribution in [2.75, 3.05) is 26.8 Å². The van der Waals surface area contributed by atoms with Crippen molar-refractivity contribution >= 4 is 0 Å². The van der Waals surface area contributed by atoms with Crippen molar-refractivity contribution in [2.24, 2.45) is 5.92 Å². The Hall–Kier alpha value is -1.10. The van der Waals surface area contributed by atoms with E-state index >= 15 is 0 Å². The average molecular weight is 362 g/mol. The van der Waals surface area contributed by atoms with Crippen LogP contribution in [0.25, 0.3) is 0 Å². The minimum absolute atomic E-state index is 0.229. The van der Waals surface area contributed by atoms with Gasteiger partial charge in [-0.15, -0.1) is 0 Å². The van der Waals surface area contributed by atoms with E-state index in [9.17, 15) is 5.11 Å². The lowest BCUT2D eigenvalue weighted by Crippen LogP contribution is -2.44. The summed E-state index contributed by atoms with van der Waals surface area (Å²) in [6.45, 7) is 2.67. The summed E-state index contributed by atoms with van der Waals surface area (Å²) >= 11 is 0. The van der Waals surface area contributed by atoms with Gasteiger partial charge in [-0.2, -0.15) is 0 Å². The van der Waals surface area contributed by atoms with E-state index in [0.29, 0.717) is 6.10 Å². The van der Waals surface area contributed by atoms with Gasteiger partial charge >= 0.3 is 0 Å². The highest BCUT2D eigenvalue weighted by molar-refractivity contribution is 5.39. The molecule has 1 aliphatic heterocycles. The molecular weight excluding hydrogens is 326 g/mol. The molecule has 3 rings (SSSR count). The van der Waals surface area contributed by atoms with E-state index in [2.05, 4.69) is 11.4 Å². The fourth-order valence-electron chi connectivity index (χ4n) is 4.57. The molecule has 1 heterocycles. The van der Waals surface area contributed by atoms with E-state index in [0.717, 1.165) is 76.0 Å². The molecule has 4 nitrogen and oxygen atoms in total. The van der Waals surface area contributed by atoms with Crippen LogP contribution in [0.4, 0.5) is 0 Å². The molecule has 0 radical (unpaired) electrons. The number of hydrogen-bond acceptors (Lipinski definition) is 4. The molecule has 26 heavy (non-hydrogen) atoms. The van der Waals surface area contributed by atoms with Crippen LogP contribution in [0, 0.1) is 5.92 Å². The second kappa shape index (κ2) is 9.72. The highest BCUT2D eigenvalue weighted by Crippen LogP contribution is 2.43. The van der Waals surface area contributed by atoms with Crippen LogP contribution in [0.3, 0.4) is 0 Å². The summed E-state index contributed by atoms with van der Waals surface area (Å²) < 4.78 is 11.6. The van der Waals surface area contributed by atoms with Crippen LogP contribution in [0.5, 0.6) is 5.75 Å². The zero-order chi connectivity index (χ0) is 18.2. The number of piperidine rings is 1. The lowest BCUT2D eigenvalue weighted by atomic mass is 9.74. The third-order valence-corrected chi connectivity index (χ3v) is 6.08. The maximum atomic E-state index is 11.9. The number of methoxy groups -OCH3 is 1. The molecule has 2 N–H and O–H groups in total. The van der Waals surface area contributed by atoms with Crippen molar-refractivity contribution in [1.82, 2.24) is 5.32 Å². The van der Waals surface area contributed by atoms with Crippen molar-refractivity contribution in [2.45, 2.75) is 69.5 Å². The first-order valence-corrected chi connectivity index (χ1v) is 10.4. The van der Waals surface area contributed by atoms with Gasteiger partial charge in [0.15, 0.2) is 0 Å². The molecule has 0 amide bonds. The van der Waals surface area contributed by atoms with Gasteiger partial charge in [-0.1, -0.05) is 18.2 Å². The van der Waals surface area contributed by atoms with E-state index in [1.54, 1.807) is 7.11 Å². The molecule has 1 saturated carbocycles. The van der Waals surface area contributed by atoms with Gasteiger partial charge in [0, 0.05) is 31.7 Å². The molecule has 1 aromatic rings. The summed E-state index contributed by atoms with van der Waals surface area (Å²) in [5, 5.41) is 15.4. The number of nitrogens with one attached hydrogen (secondary N) is 1. The van der Waals surface area contributed by atoms with Gasteiger partial charge in [0.1, 0.15) is 5.75 Å². The second-order valence-electron chi connectivity index (χ2n) is 7.94. The van der Waals surface area contributed by atoms with Gasteiger partial charge in [-0.25, -0.2) is 0 Å².